The van der Waals surface area contributed by atoms with Gasteiger partial charge in [-0.1, -0.05) is 12.1 Å². The van der Waals surface area contributed by atoms with Gasteiger partial charge in [0.25, 0.3) is 0 Å². The van der Waals surface area contributed by atoms with Gasteiger partial charge in [-0.25, -0.2) is 8.78 Å². The molecular formula is C14H19ClF2N2O. The molecule has 1 amide bonds. The molecule has 6 heteroatoms. The first-order valence-corrected chi connectivity index (χ1v) is 6.30. The third-order valence-electron chi connectivity index (χ3n) is 3.23. The average molecular weight is 305 g/mol. The molecule has 2 unspecified atom stereocenters. The van der Waals surface area contributed by atoms with E-state index in [2.05, 4.69) is 5.32 Å². The molecule has 20 heavy (non-hydrogen) atoms. The fraction of sp³-hybridized carbons (Fsp3) is 0.500. The first kappa shape index (κ1) is 16.9. The molecule has 112 valence electrons. The number of halogens is 3. The zero-order chi connectivity index (χ0) is 14.2. The summed E-state index contributed by atoms with van der Waals surface area (Å²) in [6, 6.07) is 4.07. The summed E-state index contributed by atoms with van der Waals surface area (Å²) in [5.74, 6) is -2.36. The molecule has 3 N–H and O–H groups in total. The van der Waals surface area contributed by atoms with Crippen LogP contribution in [-0.4, -0.2) is 18.0 Å². The molecule has 0 aliphatic heterocycles. The number of hydrogen-bond acceptors (Lipinski definition) is 2. The van der Waals surface area contributed by atoms with E-state index in [9.17, 15) is 13.6 Å². The molecule has 0 bridgehead atoms. The van der Waals surface area contributed by atoms with E-state index in [1.165, 1.54) is 12.1 Å². The van der Waals surface area contributed by atoms with Gasteiger partial charge in [-0.3, -0.25) is 4.79 Å². The van der Waals surface area contributed by atoms with Gasteiger partial charge < -0.3 is 11.1 Å². The van der Waals surface area contributed by atoms with Crippen molar-refractivity contribution in [2.75, 3.05) is 6.54 Å². The van der Waals surface area contributed by atoms with Crippen LogP contribution >= 0.6 is 12.4 Å². The second kappa shape index (κ2) is 6.06. The van der Waals surface area contributed by atoms with Crippen molar-refractivity contribution in [3.05, 3.63) is 35.4 Å². The van der Waals surface area contributed by atoms with Gasteiger partial charge in [0.1, 0.15) is 0 Å². The molecule has 1 fully saturated rings. The van der Waals surface area contributed by atoms with Gasteiger partial charge in [0.2, 0.25) is 5.91 Å². The average Bonchev–Trinajstić information content (AvgIpc) is 3.09. The Morgan fingerprint density at radius 3 is 2.70 bits per heavy atom. The van der Waals surface area contributed by atoms with Crippen molar-refractivity contribution in [3.8, 4) is 0 Å². The van der Waals surface area contributed by atoms with Crippen LogP contribution in [-0.2, 0) is 4.79 Å². The summed E-state index contributed by atoms with van der Waals surface area (Å²) in [7, 11) is 0. The molecule has 0 spiro atoms. The first-order valence-electron chi connectivity index (χ1n) is 6.30. The Hall–Kier alpha value is -1.20. The number of carbonyl (C=O) groups is 1. The molecule has 1 aromatic rings. The van der Waals surface area contributed by atoms with Gasteiger partial charge in [-0.05, 0) is 37.8 Å². The minimum absolute atomic E-state index is 0. The topological polar surface area (TPSA) is 55.1 Å². The smallest absolute Gasteiger partial charge is 0.223 e. The maximum Gasteiger partial charge on any atom is 0.223 e. The van der Waals surface area contributed by atoms with Crippen molar-refractivity contribution in [3.63, 3.8) is 0 Å². The van der Waals surface area contributed by atoms with E-state index in [4.69, 9.17) is 5.73 Å². The molecule has 1 aliphatic rings. The Bertz CT molecular complexity index is 502. The molecule has 0 aromatic heterocycles. The van der Waals surface area contributed by atoms with E-state index in [0.29, 0.717) is 13.0 Å². The number of carbonyl (C=O) groups excluding carboxylic acids is 1. The highest BCUT2D eigenvalue weighted by molar-refractivity contribution is 5.85. The van der Waals surface area contributed by atoms with Crippen molar-refractivity contribution in [1.82, 2.24) is 5.32 Å². The largest absolute Gasteiger partial charge is 0.354 e. The maximum absolute atomic E-state index is 13.6. The van der Waals surface area contributed by atoms with Gasteiger partial charge in [0.05, 0.1) is 0 Å². The molecule has 1 saturated carbocycles. The first-order chi connectivity index (χ1) is 8.79. The van der Waals surface area contributed by atoms with Crippen LogP contribution in [0.3, 0.4) is 0 Å². The van der Waals surface area contributed by atoms with Crippen molar-refractivity contribution in [2.45, 2.75) is 31.7 Å². The molecule has 1 aromatic carbocycles. The molecule has 2 rings (SSSR count). The van der Waals surface area contributed by atoms with Gasteiger partial charge in [0.15, 0.2) is 11.6 Å². The van der Waals surface area contributed by atoms with Crippen LogP contribution in [0.1, 0.15) is 31.7 Å². The highest BCUT2D eigenvalue weighted by atomic mass is 35.5. The Balaban J connectivity index is 0.00000200. The lowest BCUT2D eigenvalue weighted by molar-refractivity contribution is -0.122. The van der Waals surface area contributed by atoms with E-state index in [1.807, 2.05) is 13.8 Å². The van der Waals surface area contributed by atoms with Crippen LogP contribution in [0.2, 0.25) is 0 Å². The predicted octanol–water partition coefficient (Wildman–Crippen LogP) is 2.34. The minimum Gasteiger partial charge on any atom is -0.354 e. The second-order valence-corrected chi connectivity index (χ2v) is 5.80. The number of amides is 1. The lowest BCUT2D eigenvalue weighted by Gasteiger charge is -2.18. The maximum atomic E-state index is 13.6. The van der Waals surface area contributed by atoms with Crippen LogP contribution in [0, 0.1) is 17.6 Å². The lowest BCUT2D eigenvalue weighted by atomic mass is 10.1. The van der Waals surface area contributed by atoms with Crippen molar-refractivity contribution in [1.29, 1.82) is 0 Å². The zero-order valence-corrected chi connectivity index (χ0v) is 12.3. The Morgan fingerprint density at radius 1 is 1.45 bits per heavy atom. The van der Waals surface area contributed by atoms with E-state index >= 15 is 0 Å². The standard InChI is InChI=1S/C14H18F2N2O.ClH/c1-14(2,17)7-18-13(19)10-6-9(10)8-4-3-5-11(15)12(8)16;/h3-5,9-10H,6-7,17H2,1-2H3,(H,18,19);1H. The highest BCUT2D eigenvalue weighted by Crippen LogP contribution is 2.48. The summed E-state index contributed by atoms with van der Waals surface area (Å²) in [6.07, 6.45) is 0.553. The van der Waals surface area contributed by atoms with Crippen molar-refractivity contribution >= 4 is 18.3 Å². The second-order valence-electron chi connectivity index (χ2n) is 5.80. The van der Waals surface area contributed by atoms with Crippen LogP contribution in [0.5, 0.6) is 0 Å². The summed E-state index contributed by atoms with van der Waals surface area (Å²) in [4.78, 5) is 11.8. The normalized spacial score (nSPS) is 21.1. The molecule has 0 saturated heterocycles. The lowest BCUT2D eigenvalue weighted by Crippen LogP contribution is -2.45. The van der Waals surface area contributed by atoms with E-state index in [0.717, 1.165) is 6.07 Å². The SMILES string of the molecule is CC(C)(N)CNC(=O)C1CC1c1cccc(F)c1F.Cl. The Morgan fingerprint density at radius 2 is 2.10 bits per heavy atom. The van der Waals surface area contributed by atoms with Crippen LogP contribution in [0.15, 0.2) is 18.2 Å². The van der Waals surface area contributed by atoms with Gasteiger partial charge in [0, 0.05) is 18.0 Å². The third-order valence-corrected chi connectivity index (χ3v) is 3.23. The quantitative estimate of drug-likeness (QED) is 0.897. The van der Waals surface area contributed by atoms with E-state index < -0.39 is 17.2 Å². The molecule has 2 atom stereocenters. The number of nitrogens with two attached hydrogens (primary N) is 1. The minimum atomic E-state index is -0.869. The van der Waals surface area contributed by atoms with Crippen molar-refractivity contribution < 1.29 is 13.6 Å². The fourth-order valence-corrected chi connectivity index (χ4v) is 2.08. The number of hydrogen-bond donors (Lipinski definition) is 2. The summed E-state index contributed by atoms with van der Waals surface area (Å²) >= 11 is 0. The van der Waals surface area contributed by atoms with Gasteiger partial charge in [-0.15, -0.1) is 12.4 Å². The summed E-state index contributed by atoms with van der Waals surface area (Å²) in [5.41, 5.74) is 5.57. The molecule has 1 aliphatic carbocycles. The number of rotatable bonds is 4. The molecular weight excluding hydrogens is 286 g/mol. The molecule has 0 radical (unpaired) electrons. The summed E-state index contributed by atoms with van der Waals surface area (Å²) < 4.78 is 26.7. The van der Waals surface area contributed by atoms with Crippen LogP contribution in [0.25, 0.3) is 0 Å². The number of benzene rings is 1. The van der Waals surface area contributed by atoms with Crippen molar-refractivity contribution in [2.24, 2.45) is 11.7 Å². The molecule has 3 nitrogen and oxygen atoms in total. The Labute approximate surface area is 123 Å². The predicted molar refractivity (Wildman–Crippen MR) is 75.7 cm³/mol. The monoisotopic (exact) mass is 304 g/mol. The third kappa shape index (κ3) is 3.90. The Kier molecular flexibility index (Phi) is 5.10. The van der Waals surface area contributed by atoms with Crippen LogP contribution < -0.4 is 11.1 Å². The van der Waals surface area contributed by atoms with Gasteiger partial charge in [-0.2, -0.15) is 0 Å². The number of nitrogens with one attached hydrogen (secondary N) is 1. The van der Waals surface area contributed by atoms with E-state index in [-0.39, 0.29) is 35.7 Å². The van der Waals surface area contributed by atoms with Gasteiger partial charge >= 0.3 is 0 Å². The zero-order valence-electron chi connectivity index (χ0n) is 11.5. The molecule has 0 heterocycles. The van der Waals surface area contributed by atoms with E-state index in [1.54, 1.807) is 0 Å². The van der Waals surface area contributed by atoms with Crippen LogP contribution in [0.4, 0.5) is 8.78 Å². The summed E-state index contributed by atoms with van der Waals surface area (Å²) in [5, 5.41) is 2.74. The summed E-state index contributed by atoms with van der Waals surface area (Å²) in [6.45, 7) is 3.98. The highest BCUT2D eigenvalue weighted by Gasteiger charge is 2.45. The fourth-order valence-electron chi connectivity index (χ4n) is 2.08.